The van der Waals surface area contributed by atoms with E-state index in [4.69, 9.17) is 11.5 Å². The third-order valence-electron chi connectivity index (χ3n) is 3.50. The third-order valence-corrected chi connectivity index (χ3v) is 3.50. The van der Waals surface area contributed by atoms with Crippen LogP contribution in [0.5, 0.6) is 0 Å². The number of hydrogen-bond acceptors (Lipinski definition) is 4. The first-order valence-corrected chi connectivity index (χ1v) is 6.82. The minimum atomic E-state index is -0.532. The summed E-state index contributed by atoms with van der Waals surface area (Å²) < 4.78 is 13.1. The maximum atomic E-state index is 13.1. The zero-order valence-electron chi connectivity index (χ0n) is 11.7. The molecular formula is C14H19FN4O2. The molecule has 1 aromatic carbocycles. The van der Waals surface area contributed by atoms with Crippen molar-refractivity contribution in [2.45, 2.75) is 6.42 Å². The molecule has 1 aliphatic heterocycles. The fourth-order valence-electron chi connectivity index (χ4n) is 2.41. The van der Waals surface area contributed by atoms with Gasteiger partial charge in [-0.25, -0.2) is 4.39 Å². The molecule has 114 valence electrons. The minimum absolute atomic E-state index is 0.0361. The lowest BCUT2D eigenvalue weighted by Crippen LogP contribution is -2.38. The summed E-state index contributed by atoms with van der Waals surface area (Å²) in [4.78, 5) is 26.9. The summed E-state index contributed by atoms with van der Waals surface area (Å²) in [5, 5.41) is 0. The van der Waals surface area contributed by atoms with Gasteiger partial charge in [0.2, 0.25) is 5.91 Å². The van der Waals surface area contributed by atoms with Crippen LogP contribution >= 0.6 is 0 Å². The average molecular weight is 294 g/mol. The number of halogens is 1. The summed E-state index contributed by atoms with van der Waals surface area (Å²) >= 11 is 0. The number of carbonyl (C=O) groups excluding carboxylic acids is 2. The fraction of sp³-hybridized carbons (Fsp3) is 0.429. The standard InChI is InChI=1S/C14H19FN4O2/c15-11-3-2-10(8-12(11)16)14(21)19-5-1-4-18(6-7-19)9-13(17)20/h2-3,8H,1,4-7,9,16H2,(H2,17,20). The van der Waals surface area contributed by atoms with Crippen LogP contribution in [0.4, 0.5) is 10.1 Å². The SMILES string of the molecule is NC(=O)CN1CCCN(C(=O)c2ccc(F)c(N)c2)CC1. The topological polar surface area (TPSA) is 92.7 Å². The molecule has 1 aromatic rings. The number of nitrogens with two attached hydrogens (primary N) is 2. The van der Waals surface area contributed by atoms with Crippen molar-refractivity contribution in [3.05, 3.63) is 29.6 Å². The van der Waals surface area contributed by atoms with Crippen molar-refractivity contribution < 1.29 is 14.0 Å². The molecule has 0 radical (unpaired) electrons. The average Bonchev–Trinajstić information content (AvgIpc) is 2.66. The van der Waals surface area contributed by atoms with Crippen LogP contribution in [-0.4, -0.2) is 54.3 Å². The molecule has 2 rings (SSSR count). The molecule has 0 spiro atoms. The van der Waals surface area contributed by atoms with Crippen LogP contribution in [0.2, 0.25) is 0 Å². The summed E-state index contributed by atoms with van der Waals surface area (Å²) in [6.07, 6.45) is 0.760. The molecule has 6 nitrogen and oxygen atoms in total. The van der Waals surface area contributed by atoms with Gasteiger partial charge in [0.05, 0.1) is 12.2 Å². The van der Waals surface area contributed by atoms with Gasteiger partial charge in [0.15, 0.2) is 0 Å². The van der Waals surface area contributed by atoms with Gasteiger partial charge in [-0.3, -0.25) is 14.5 Å². The van der Waals surface area contributed by atoms with Crippen molar-refractivity contribution in [2.24, 2.45) is 5.73 Å². The summed E-state index contributed by atoms with van der Waals surface area (Å²) in [6, 6.07) is 3.98. The highest BCUT2D eigenvalue weighted by molar-refractivity contribution is 5.95. The Morgan fingerprint density at radius 2 is 1.95 bits per heavy atom. The zero-order valence-corrected chi connectivity index (χ0v) is 11.7. The molecule has 1 heterocycles. The number of primary amides is 1. The largest absolute Gasteiger partial charge is 0.396 e. The first-order valence-electron chi connectivity index (χ1n) is 6.82. The van der Waals surface area contributed by atoms with Gasteiger partial charge in [-0.05, 0) is 24.6 Å². The molecule has 1 saturated heterocycles. The Morgan fingerprint density at radius 1 is 1.19 bits per heavy atom. The lowest BCUT2D eigenvalue weighted by Gasteiger charge is -2.21. The molecule has 1 fully saturated rings. The van der Waals surface area contributed by atoms with Crippen LogP contribution in [-0.2, 0) is 4.79 Å². The predicted molar refractivity (Wildman–Crippen MR) is 77.0 cm³/mol. The van der Waals surface area contributed by atoms with Crippen molar-refractivity contribution in [3.8, 4) is 0 Å². The monoisotopic (exact) mass is 294 g/mol. The van der Waals surface area contributed by atoms with Crippen LogP contribution in [0, 0.1) is 5.82 Å². The van der Waals surface area contributed by atoms with E-state index in [9.17, 15) is 14.0 Å². The van der Waals surface area contributed by atoms with Gasteiger partial charge in [-0.15, -0.1) is 0 Å². The number of amides is 2. The molecule has 7 heteroatoms. The van der Waals surface area contributed by atoms with Crippen molar-refractivity contribution in [2.75, 3.05) is 38.5 Å². The Balaban J connectivity index is 2.02. The van der Waals surface area contributed by atoms with Gasteiger partial charge in [0.1, 0.15) is 5.82 Å². The molecule has 0 aromatic heterocycles. The van der Waals surface area contributed by atoms with E-state index in [-0.39, 0.29) is 24.0 Å². The molecular weight excluding hydrogens is 275 g/mol. The maximum absolute atomic E-state index is 13.1. The summed E-state index contributed by atoms with van der Waals surface area (Å²) in [6.45, 7) is 2.60. The summed E-state index contributed by atoms with van der Waals surface area (Å²) in [5.74, 6) is -1.08. The Bertz CT molecular complexity index is 550. The molecule has 0 unspecified atom stereocenters. The van der Waals surface area contributed by atoms with E-state index in [1.807, 2.05) is 4.90 Å². The van der Waals surface area contributed by atoms with Gasteiger partial charge in [0.25, 0.3) is 5.91 Å². The fourth-order valence-corrected chi connectivity index (χ4v) is 2.41. The lowest BCUT2D eigenvalue weighted by atomic mass is 10.1. The second-order valence-corrected chi connectivity index (χ2v) is 5.12. The van der Waals surface area contributed by atoms with Crippen molar-refractivity contribution in [1.29, 1.82) is 0 Å². The quantitative estimate of drug-likeness (QED) is 0.770. The number of rotatable bonds is 3. The van der Waals surface area contributed by atoms with Crippen LogP contribution in [0.25, 0.3) is 0 Å². The summed E-state index contributed by atoms with van der Waals surface area (Å²) in [7, 11) is 0. The maximum Gasteiger partial charge on any atom is 0.253 e. The highest BCUT2D eigenvalue weighted by Gasteiger charge is 2.21. The molecule has 2 amide bonds. The Labute approximate surface area is 122 Å². The molecule has 0 bridgehead atoms. The molecule has 21 heavy (non-hydrogen) atoms. The van der Waals surface area contributed by atoms with E-state index in [0.717, 1.165) is 13.0 Å². The van der Waals surface area contributed by atoms with Gasteiger partial charge < -0.3 is 16.4 Å². The minimum Gasteiger partial charge on any atom is -0.396 e. The van der Waals surface area contributed by atoms with Gasteiger partial charge in [-0.2, -0.15) is 0 Å². The number of hydrogen-bond donors (Lipinski definition) is 2. The number of benzene rings is 1. The van der Waals surface area contributed by atoms with Gasteiger partial charge >= 0.3 is 0 Å². The zero-order chi connectivity index (χ0) is 15.4. The molecule has 0 aliphatic carbocycles. The Hall–Kier alpha value is -2.15. The van der Waals surface area contributed by atoms with Crippen molar-refractivity contribution in [3.63, 3.8) is 0 Å². The highest BCUT2D eigenvalue weighted by Crippen LogP contribution is 2.15. The Morgan fingerprint density at radius 3 is 2.62 bits per heavy atom. The molecule has 4 N–H and O–H groups in total. The van der Waals surface area contributed by atoms with E-state index in [2.05, 4.69) is 0 Å². The van der Waals surface area contributed by atoms with E-state index in [1.165, 1.54) is 18.2 Å². The van der Waals surface area contributed by atoms with Crippen LogP contribution < -0.4 is 11.5 Å². The lowest BCUT2D eigenvalue weighted by molar-refractivity contribution is -0.119. The number of anilines is 1. The van der Waals surface area contributed by atoms with E-state index in [1.54, 1.807) is 4.90 Å². The Kier molecular flexibility index (Phi) is 4.74. The smallest absolute Gasteiger partial charge is 0.253 e. The second-order valence-electron chi connectivity index (χ2n) is 5.12. The van der Waals surface area contributed by atoms with Crippen molar-refractivity contribution >= 4 is 17.5 Å². The third kappa shape index (κ3) is 3.91. The predicted octanol–water partition coefficient (Wildman–Crippen LogP) is 0.0411. The second kappa shape index (κ2) is 6.53. The van der Waals surface area contributed by atoms with E-state index < -0.39 is 5.82 Å². The van der Waals surface area contributed by atoms with Crippen molar-refractivity contribution in [1.82, 2.24) is 9.80 Å². The highest BCUT2D eigenvalue weighted by atomic mass is 19.1. The molecule has 0 atom stereocenters. The number of nitrogen functional groups attached to an aromatic ring is 1. The molecule has 0 saturated carbocycles. The first-order chi connectivity index (χ1) is 9.97. The van der Waals surface area contributed by atoms with Gasteiger partial charge in [-0.1, -0.05) is 0 Å². The number of nitrogens with zero attached hydrogens (tertiary/aromatic N) is 2. The van der Waals surface area contributed by atoms with Gasteiger partial charge in [0, 0.05) is 31.7 Å². The number of carbonyl (C=O) groups is 2. The first kappa shape index (κ1) is 15.2. The molecule has 1 aliphatic rings. The van der Waals surface area contributed by atoms with Crippen LogP contribution in [0.3, 0.4) is 0 Å². The van der Waals surface area contributed by atoms with Crippen LogP contribution in [0.15, 0.2) is 18.2 Å². The normalized spacial score (nSPS) is 16.5. The summed E-state index contributed by atoms with van der Waals surface area (Å²) in [5.41, 5.74) is 11.0. The van der Waals surface area contributed by atoms with Crippen LogP contribution in [0.1, 0.15) is 16.8 Å². The van der Waals surface area contributed by atoms with E-state index >= 15 is 0 Å². The van der Waals surface area contributed by atoms with E-state index in [0.29, 0.717) is 25.2 Å².